The third kappa shape index (κ3) is 4.40. The normalized spacial score (nSPS) is 10.2. The molecule has 0 heterocycles. The SMILES string of the molecule is O=C(NCCCCCO)c1ccc(O)cc1F. The van der Waals surface area contributed by atoms with Gasteiger partial charge in [0.15, 0.2) is 0 Å². The van der Waals surface area contributed by atoms with Crippen LogP contribution >= 0.6 is 0 Å². The maximum Gasteiger partial charge on any atom is 0.254 e. The zero-order valence-corrected chi connectivity index (χ0v) is 9.45. The third-order valence-corrected chi connectivity index (χ3v) is 2.32. The summed E-state index contributed by atoms with van der Waals surface area (Å²) >= 11 is 0. The van der Waals surface area contributed by atoms with Crippen molar-refractivity contribution in [3.63, 3.8) is 0 Å². The monoisotopic (exact) mass is 241 g/mol. The number of carbonyl (C=O) groups is 1. The molecule has 0 fully saturated rings. The van der Waals surface area contributed by atoms with E-state index >= 15 is 0 Å². The van der Waals surface area contributed by atoms with Crippen LogP contribution < -0.4 is 5.32 Å². The number of halogens is 1. The van der Waals surface area contributed by atoms with E-state index in [-0.39, 0.29) is 17.9 Å². The van der Waals surface area contributed by atoms with Crippen molar-refractivity contribution in [2.45, 2.75) is 19.3 Å². The maximum atomic E-state index is 13.3. The molecule has 1 rings (SSSR count). The lowest BCUT2D eigenvalue weighted by Crippen LogP contribution is -2.25. The molecule has 1 aromatic rings. The molecule has 0 aliphatic heterocycles. The number of nitrogens with one attached hydrogen (secondary N) is 1. The van der Waals surface area contributed by atoms with Crippen LogP contribution in [0.3, 0.4) is 0 Å². The molecule has 0 saturated carbocycles. The van der Waals surface area contributed by atoms with Crippen molar-refractivity contribution in [3.05, 3.63) is 29.6 Å². The van der Waals surface area contributed by atoms with Crippen LogP contribution in [-0.2, 0) is 0 Å². The van der Waals surface area contributed by atoms with Gasteiger partial charge in [-0.3, -0.25) is 4.79 Å². The smallest absolute Gasteiger partial charge is 0.254 e. The van der Waals surface area contributed by atoms with E-state index in [1.807, 2.05) is 0 Å². The van der Waals surface area contributed by atoms with Crippen LogP contribution in [0.2, 0.25) is 0 Å². The van der Waals surface area contributed by atoms with E-state index in [0.29, 0.717) is 13.0 Å². The van der Waals surface area contributed by atoms with E-state index in [0.717, 1.165) is 18.9 Å². The van der Waals surface area contributed by atoms with E-state index in [2.05, 4.69) is 5.32 Å². The number of rotatable bonds is 6. The molecule has 0 bridgehead atoms. The lowest BCUT2D eigenvalue weighted by Gasteiger charge is -2.06. The van der Waals surface area contributed by atoms with E-state index in [4.69, 9.17) is 10.2 Å². The number of aromatic hydroxyl groups is 1. The van der Waals surface area contributed by atoms with Crippen molar-refractivity contribution in [1.82, 2.24) is 5.32 Å². The number of benzene rings is 1. The fourth-order valence-corrected chi connectivity index (χ4v) is 1.40. The molecule has 94 valence electrons. The van der Waals surface area contributed by atoms with Gasteiger partial charge >= 0.3 is 0 Å². The van der Waals surface area contributed by atoms with Crippen molar-refractivity contribution in [3.8, 4) is 5.75 Å². The summed E-state index contributed by atoms with van der Waals surface area (Å²) in [4.78, 5) is 11.5. The highest BCUT2D eigenvalue weighted by atomic mass is 19.1. The first-order chi connectivity index (χ1) is 8.15. The van der Waals surface area contributed by atoms with Gasteiger partial charge < -0.3 is 15.5 Å². The number of phenolic OH excluding ortho intramolecular Hbond substituents is 1. The Morgan fingerprint density at radius 3 is 2.71 bits per heavy atom. The van der Waals surface area contributed by atoms with Gasteiger partial charge in [-0.2, -0.15) is 0 Å². The highest BCUT2D eigenvalue weighted by molar-refractivity contribution is 5.94. The first-order valence-corrected chi connectivity index (χ1v) is 5.52. The third-order valence-electron chi connectivity index (χ3n) is 2.32. The van der Waals surface area contributed by atoms with Crippen LogP contribution in [-0.4, -0.2) is 29.3 Å². The Hall–Kier alpha value is -1.62. The number of carbonyl (C=O) groups excluding carboxylic acids is 1. The second-order valence-electron chi connectivity index (χ2n) is 3.70. The predicted molar refractivity (Wildman–Crippen MR) is 61.3 cm³/mol. The second kappa shape index (κ2) is 6.85. The minimum Gasteiger partial charge on any atom is -0.508 e. The van der Waals surface area contributed by atoms with Crippen LogP contribution in [0.5, 0.6) is 5.75 Å². The van der Waals surface area contributed by atoms with Gasteiger partial charge in [0.25, 0.3) is 5.91 Å². The number of aliphatic hydroxyl groups is 1. The summed E-state index contributed by atoms with van der Waals surface area (Å²) < 4.78 is 13.3. The summed E-state index contributed by atoms with van der Waals surface area (Å²) in [5.74, 6) is -1.44. The predicted octanol–water partition coefficient (Wildman–Crippen LogP) is 1.42. The molecule has 4 nitrogen and oxygen atoms in total. The Kier molecular flexibility index (Phi) is 5.42. The van der Waals surface area contributed by atoms with Gasteiger partial charge in [0, 0.05) is 19.2 Å². The molecular formula is C12H16FNO3. The molecule has 0 aromatic heterocycles. The largest absolute Gasteiger partial charge is 0.508 e. The Bertz CT molecular complexity index is 382. The molecule has 3 N–H and O–H groups in total. The van der Waals surface area contributed by atoms with Gasteiger partial charge in [-0.05, 0) is 31.4 Å². The molecule has 0 spiro atoms. The second-order valence-corrected chi connectivity index (χ2v) is 3.70. The number of unbranched alkanes of at least 4 members (excludes halogenated alkanes) is 2. The molecule has 0 radical (unpaired) electrons. The first kappa shape index (κ1) is 13.4. The van der Waals surface area contributed by atoms with Crippen LogP contribution in [0.15, 0.2) is 18.2 Å². The molecular weight excluding hydrogens is 225 g/mol. The maximum absolute atomic E-state index is 13.3. The van der Waals surface area contributed by atoms with E-state index < -0.39 is 11.7 Å². The van der Waals surface area contributed by atoms with Crippen molar-refractivity contribution >= 4 is 5.91 Å². The Morgan fingerprint density at radius 1 is 1.29 bits per heavy atom. The number of hydrogen-bond acceptors (Lipinski definition) is 3. The van der Waals surface area contributed by atoms with Crippen molar-refractivity contribution in [2.24, 2.45) is 0 Å². The zero-order chi connectivity index (χ0) is 12.7. The molecule has 1 aromatic carbocycles. The number of phenols is 1. The summed E-state index contributed by atoms with van der Waals surface area (Å²) in [5.41, 5.74) is -0.0787. The molecule has 0 unspecified atom stereocenters. The van der Waals surface area contributed by atoms with E-state index in [1.165, 1.54) is 12.1 Å². The molecule has 17 heavy (non-hydrogen) atoms. The first-order valence-electron chi connectivity index (χ1n) is 5.52. The molecule has 0 aliphatic carbocycles. The number of aliphatic hydroxyl groups excluding tert-OH is 1. The van der Waals surface area contributed by atoms with E-state index in [9.17, 15) is 9.18 Å². The zero-order valence-electron chi connectivity index (χ0n) is 9.45. The Morgan fingerprint density at radius 2 is 2.06 bits per heavy atom. The molecule has 0 atom stereocenters. The van der Waals surface area contributed by atoms with E-state index in [1.54, 1.807) is 0 Å². The average Bonchev–Trinajstić information content (AvgIpc) is 2.28. The molecule has 0 saturated heterocycles. The number of amides is 1. The summed E-state index contributed by atoms with van der Waals surface area (Å²) in [5, 5.41) is 20.1. The van der Waals surface area contributed by atoms with Crippen molar-refractivity contribution < 1.29 is 19.4 Å². The standard InChI is InChI=1S/C12H16FNO3/c13-11-8-9(16)4-5-10(11)12(17)14-6-2-1-3-7-15/h4-5,8,15-16H,1-3,6-7H2,(H,14,17). The molecule has 1 amide bonds. The quantitative estimate of drug-likeness (QED) is 0.660. The Balaban J connectivity index is 2.42. The molecule has 5 heteroatoms. The van der Waals surface area contributed by atoms with Crippen LogP contribution in [0.1, 0.15) is 29.6 Å². The lowest BCUT2D eigenvalue weighted by molar-refractivity contribution is 0.0949. The van der Waals surface area contributed by atoms with Gasteiger partial charge in [-0.25, -0.2) is 4.39 Å². The summed E-state index contributed by atoms with van der Waals surface area (Å²) in [7, 11) is 0. The highest BCUT2D eigenvalue weighted by Gasteiger charge is 2.11. The van der Waals surface area contributed by atoms with Crippen molar-refractivity contribution in [1.29, 1.82) is 0 Å². The van der Waals surface area contributed by atoms with Gasteiger partial charge in [-0.15, -0.1) is 0 Å². The summed E-state index contributed by atoms with van der Waals surface area (Å²) in [6.07, 6.45) is 2.25. The van der Waals surface area contributed by atoms with Crippen LogP contribution in [0.25, 0.3) is 0 Å². The number of hydrogen-bond donors (Lipinski definition) is 3. The van der Waals surface area contributed by atoms with Crippen molar-refractivity contribution in [2.75, 3.05) is 13.2 Å². The van der Waals surface area contributed by atoms with Gasteiger partial charge in [0.1, 0.15) is 11.6 Å². The minimum absolute atomic E-state index is 0.0787. The average molecular weight is 241 g/mol. The van der Waals surface area contributed by atoms with Gasteiger partial charge in [-0.1, -0.05) is 0 Å². The summed E-state index contributed by atoms with van der Waals surface area (Å²) in [6, 6.07) is 3.41. The van der Waals surface area contributed by atoms with Crippen LogP contribution in [0.4, 0.5) is 4.39 Å². The Labute approximate surface area is 99.1 Å². The lowest BCUT2D eigenvalue weighted by atomic mass is 10.2. The topological polar surface area (TPSA) is 69.6 Å². The highest BCUT2D eigenvalue weighted by Crippen LogP contribution is 2.14. The van der Waals surface area contributed by atoms with Crippen LogP contribution in [0, 0.1) is 5.82 Å². The molecule has 0 aliphatic rings. The fourth-order valence-electron chi connectivity index (χ4n) is 1.40. The van der Waals surface area contributed by atoms with Gasteiger partial charge in [0.2, 0.25) is 0 Å². The van der Waals surface area contributed by atoms with Gasteiger partial charge in [0.05, 0.1) is 5.56 Å². The minimum atomic E-state index is -0.738. The fraction of sp³-hybridized carbons (Fsp3) is 0.417. The summed E-state index contributed by atoms with van der Waals surface area (Å²) in [6.45, 7) is 0.583.